The number of aromatic nitrogens is 1. The summed E-state index contributed by atoms with van der Waals surface area (Å²) in [6, 6.07) is 18.4. The van der Waals surface area contributed by atoms with Gasteiger partial charge in [-0.15, -0.1) is 11.3 Å². The van der Waals surface area contributed by atoms with Crippen molar-refractivity contribution in [1.29, 1.82) is 0 Å². The maximum Gasteiger partial charge on any atom is 0.283 e. The molecule has 8 heteroatoms. The van der Waals surface area contributed by atoms with Crippen LogP contribution < -0.4 is 10.2 Å². The van der Waals surface area contributed by atoms with Gasteiger partial charge >= 0.3 is 0 Å². The molecule has 3 aromatic rings. The number of nitrogens with zero attached hydrogens (tertiary/aromatic N) is 3. The molecular formula is C21H16N4O2S2. The Kier molecular flexibility index (Phi) is 5.83. The molecule has 1 N–H and O–H groups in total. The highest BCUT2D eigenvalue weighted by molar-refractivity contribution is 8.14. The van der Waals surface area contributed by atoms with Gasteiger partial charge in [-0.05, 0) is 41.8 Å². The molecule has 4 rings (SSSR count). The van der Waals surface area contributed by atoms with Gasteiger partial charge in [0.15, 0.2) is 5.17 Å². The lowest BCUT2D eigenvalue weighted by atomic mass is 10.3. The van der Waals surface area contributed by atoms with E-state index in [2.05, 4.69) is 15.3 Å². The smallest absolute Gasteiger partial charge is 0.283 e. The Morgan fingerprint density at radius 3 is 2.66 bits per heavy atom. The number of aliphatic imine (C=N–C) groups is 1. The van der Waals surface area contributed by atoms with Gasteiger partial charge in [-0.3, -0.25) is 14.5 Å². The van der Waals surface area contributed by atoms with E-state index in [0.29, 0.717) is 22.4 Å². The summed E-state index contributed by atoms with van der Waals surface area (Å²) in [7, 11) is 0. The molecule has 3 heterocycles. The number of thiophene rings is 1. The van der Waals surface area contributed by atoms with E-state index < -0.39 is 0 Å². The van der Waals surface area contributed by atoms with Gasteiger partial charge in [-0.1, -0.05) is 42.1 Å². The molecule has 6 nitrogen and oxygen atoms in total. The summed E-state index contributed by atoms with van der Waals surface area (Å²) in [5, 5.41) is 5.16. The second-order valence-corrected chi connectivity index (χ2v) is 7.89. The number of hydrogen-bond donors (Lipinski definition) is 1. The zero-order valence-electron chi connectivity index (χ0n) is 15.2. The summed E-state index contributed by atoms with van der Waals surface area (Å²) in [5.41, 5.74) is 1.06. The molecule has 1 aliphatic heterocycles. The molecule has 0 fully saturated rings. The first-order valence-corrected chi connectivity index (χ1v) is 10.6. The van der Waals surface area contributed by atoms with E-state index in [-0.39, 0.29) is 17.6 Å². The van der Waals surface area contributed by atoms with E-state index in [9.17, 15) is 9.59 Å². The molecule has 144 valence electrons. The first-order valence-electron chi connectivity index (χ1n) is 8.78. The Bertz CT molecular complexity index is 1060. The molecule has 0 aliphatic carbocycles. The maximum atomic E-state index is 13.0. The molecule has 0 saturated carbocycles. The zero-order valence-corrected chi connectivity index (χ0v) is 16.8. The third-order valence-corrected chi connectivity index (χ3v) is 5.69. The molecular weight excluding hydrogens is 404 g/mol. The monoisotopic (exact) mass is 420 g/mol. The van der Waals surface area contributed by atoms with Gasteiger partial charge in [0.2, 0.25) is 5.91 Å². The molecule has 0 spiro atoms. The Balaban J connectivity index is 1.54. The fraction of sp³-hybridized carbons (Fsp3) is 0.0476. The van der Waals surface area contributed by atoms with Crippen molar-refractivity contribution in [2.45, 2.75) is 0 Å². The molecule has 2 aromatic heterocycles. The highest BCUT2D eigenvalue weighted by Gasteiger charge is 2.32. The minimum Gasteiger partial charge on any atom is -0.310 e. The first kappa shape index (κ1) is 19.1. The Morgan fingerprint density at radius 2 is 1.93 bits per heavy atom. The normalized spacial score (nSPS) is 14.9. The first-order chi connectivity index (χ1) is 14.2. The molecule has 0 saturated heterocycles. The number of para-hydroxylation sites is 1. The SMILES string of the molecule is O=C(CSC1=N/C(=C\c2cccs2)C(=O)N1c1ccccc1)Nc1ccccn1. The number of thioether (sulfide) groups is 1. The van der Waals surface area contributed by atoms with Gasteiger partial charge in [-0.25, -0.2) is 9.98 Å². The van der Waals surface area contributed by atoms with Crippen LogP contribution in [0.5, 0.6) is 0 Å². The molecule has 0 radical (unpaired) electrons. The lowest BCUT2D eigenvalue weighted by Crippen LogP contribution is -2.31. The Labute approximate surface area is 176 Å². The Morgan fingerprint density at radius 1 is 1.10 bits per heavy atom. The van der Waals surface area contributed by atoms with Gasteiger partial charge in [0.05, 0.1) is 11.4 Å². The van der Waals surface area contributed by atoms with Gasteiger partial charge in [0.1, 0.15) is 11.5 Å². The molecule has 0 bridgehead atoms. The number of nitrogens with one attached hydrogen (secondary N) is 1. The van der Waals surface area contributed by atoms with Crippen LogP contribution in [0.1, 0.15) is 4.88 Å². The van der Waals surface area contributed by atoms with Crippen LogP contribution in [0.25, 0.3) is 6.08 Å². The van der Waals surface area contributed by atoms with E-state index in [1.54, 1.807) is 30.5 Å². The van der Waals surface area contributed by atoms with Crippen LogP contribution in [0.4, 0.5) is 11.5 Å². The third-order valence-electron chi connectivity index (χ3n) is 3.93. The lowest BCUT2D eigenvalue weighted by molar-refractivity contribution is -0.114. The predicted octanol–water partition coefficient (Wildman–Crippen LogP) is 4.26. The van der Waals surface area contributed by atoms with Crippen LogP contribution >= 0.6 is 23.1 Å². The van der Waals surface area contributed by atoms with Crippen molar-refractivity contribution >= 4 is 57.7 Å². The van der Waals surface area contributed by atoms with Gasteiger partial charge in [0.25, 0.3) is 5.91 Å². The van der Waals surface area contributed by atoms with Crippen LogP contribution in [0.2, 0.25) is 0 Å². The average molecular weight is 421 g/mol. The molecule has 1 aliphatic rings. The van der Waals surface area contributed by atoms with Crippen molar-refractivity contribution in [3.8, 4) is 0 Å². The van der Waals surface area contributed by atoms with Gasteiger partial charge < -0.3 is 5.32 Å². The van der Waals surface area contributed by atoms with E-state index in [1.165, 1.54) is 28.0 Å². The number of carbonyl (C=O) groups is 2. The van der Waals surface area contributed by atoms with Crippen molar-refractivity contribution < 1.29 is 9.59 Å². The predicted molar refractivity (Wildman–Crippen MR) is 119 cm³/mol. The minimum atomic E-state index is -0.215. The highest BCUT2D eigenvalue weighted by Crippen LogP contribution is 2.29. The van der Waals surface area contributed by atoms with Crippen LogP contribution in [0, 0.1) is 0 Å². The van der Waals surface area contributed by atoms with Crippen molar-refractivity contribution in [2.75, 3.05) is 16.0 Å². The zero-order chi connectivity index (χ0) is 20.1. The second kappa shape index (κ2) is 8.85. The van der Waals surface area contributed by atoms with Gasteiger partial charge in [-0.2, -0.15) is 0 Å². The van der Waals surface area contributed by atoms with E-state index in [1.807, 2.05) is 47.8 Å². The van der Waals surface area contributed by atoms with Crippen LogP contribution in [0.3, 0.4) is 0 Å². The summed E-state index contributed by atoms with van der Waals surface area (Å²) in [5.74, 6) is 0.170. The number of rotatable bonds is 5. The van der Waals surface area contributed by atoms with Crippen LogP contribution in [-0.2, 0) is 9.59 Å². The maximum absolute atomic E-state index is 13.0. The number of anilines is 2. The summed E-state index contributed by atoms with van der Waals surface area (Å²) < 4.78 is 0. The number of carbonyl (C=O) groups excluding carboxylic acids is 2. The summed E-state index contributed by atoms with van der Waals surface area (Å²) in [6.45, 7) is 0. The van der Waals surface area contributed by atoms with Crippen LogP contribution in [-0.4, -0.2) is 27.7 Å². The summed E-state index contributed by atoms with van der Waals surface area (Å²) in [4.78, 5) is 36.4. The number of pyridine rings is 1. The number of amides is 2. The fourth-order valence-corrected chi connectivity index (χ4v) is 4.12. The highest BCUT2D eigenvalue weighted by atomic mass is 32.2. The molecule has 1 aromatic carbocycles. The number of hydrogen-bond acceptors (Lipinski definition) is 6. The standard InChI is InChI=1S/C21H16N4O2S2/c26-19(24-18-10-4-5-11-22-18)14-29-21-23-17(13-16-9-6-12-28-16)20(27)25(21)15-7-2-1-3-8-15/h1-13H,14H2,(H,22,24,26)/b17-13-. The summed E-state index contributed by atoms with van der Waals surface area (Å²) >= 11 is 2.75. The van der Waals surface area contributed by atoms with Crippen molar-refractivity contribution in [1.82, 2.24) is 4.98 Å². The van der Waals surface area contributed by atoms with E-state index in [4.69, 9.17) is 0 Å². The molecule has 2 amide bonds. The van der Waals surface area contributed by atoms with Crippen molar-refractivity contribution in [3.63, 3.8) is 0 Å². The number of benzene rings is 1. The lowest BCUT2D eigenvalue weighted by Gasteiger charge is -2.17. The van der Waals surface area contributed by atoms with Crippen molar-refractivity contribution in [2.24, 2.45) is 4.99 Å². The molecule has 29 heavy (non-hydrogen) atoms. The van der Waals surface area contributed by atoms with E-state index in [0.717, 1.165) is 4.88 Å². The van der Waals surface area contributed by atoms with Gasteiger partial charge in [0, 0.05) is 11.1 Å². The van der Waals surface area contributed by atoms with Crippen molar-refractivity contribution in [3.05, 3.63) is 82.8 Å². The average Bonchev–Trinajstić information content (AvgIpc) is 3.36. The minimum absolute atomic E-state index is 0.109. The Hall–Kier alpha value is -3.23. The quantitative estimate of drug-likeness (QED) is 0.626. The second-order valence-electron chi connectivity index (χ2n) is 5.97. The molecule has 0 atom stereocenters. The third kappa shape index (κ3) is 4.61. The van der Waals surface area contributed by atoms with E-state index >= 15 is 0 Å². The largest absolute Gasteiger partial charge is 0.310 e. The van der Waals surface area contributed by atoms with Crippen LogP contribution in [0.15, 0.2) is 82.9 Å². The summed E-state index contributed by atoms with van der Waals surface area (Å²) in [6.07, 6.45) is 3.38. The topological polar surface area (TPSA) is 74.7 Å². The molecule has 0 unspecified atom stereocenters. The number of amidine groups is 1. The fourth-order valence-electron chi connectivity index (χ4n) is 2.65.